The Morgan fingerprint density at radius 1 is 1.11 bits per heavy atom. The topological polar surface area (TPSA) is 61.5 Å². The fourth-order valence-corrected chi connectivity index (χ4v) is 1.93. The molecule has 0 unspecified atom stereocenters. The van der Waals surface area contributed by atoms with Gasteiger partial charge in [-0.05, 0) is 18.2 Å². The Kier molecular flexibility index (Phi) is 2.75. The highest BCUT2D eigenvalue weighted by molar-refractivity contribution is 5.68. The van der Waals surface area contributed by atoms with Gasteiger partial charge in [-0.1, -0.05) is 0 Å². The van der Waals surface area contributed by atoms with Crippen LogP contribution in [-0.2, 0) is 0 Å². The SMILES string of the molecule is COc1ccc(OC)c(-c2nnc3cnccn23)c1. The minimum Gasteiger partial charge on any atom is -0.497 e. The second-order valence-electron chi connectivity index (χ2n) is 3.89. The maximum Gasteiger partial charge on any atom is 0.179 e. The van der Waals surface area contributed by atoms with Crippen LogP contribution in [0, 0.1) is 0 Å². The van der Waals surface area contributed by atoms with E-state index >= 15 is 0 Å². The molecule has 0 saturated heterocycles. The lowest BCUT2D eigenvalue weighted by molar-refractivity contribution is 0.404. The van der Waals surface area contributed by atoms with Crippen LogP contribution in [0.25, 0.3) is 17.0 Å². The largest absolute Gasteiger partial charge is 0.497 e. The van der Waals surface area contributed by atoms with Crippen molar-refractivity contribution in [2.45, 2.75) is 0 Å². The molecule has 3 aromatic rings. The molecular weight excluding hydrogens is 244 g/mol. The van der Waals surface area contributed by atoms with E-state index in [1.807, 2.05) is 28.8 Å². The van der Waals surface area contributed by atoms with E-state index in [4.69, 9.17) is 9.47 Å². The summed E-state index contributed by atoms with van der Waals surface area (Å²) < 4.78 is 12.5. The van der Waals surface area contributed by atoms with Crippen LogP contribution in [-0.4, -0.2) is 33.8 Å². The Morgan fingerprint density at radius 3 is 2.79 bits per heavy atom. The van der Waals surface area contributed by atoms with Crippen molar-refractivity contribution in [3.8, 4) is 22.9 Å². The van der Waals surface area contributed by atoms with Gasteiger partial charge in [-0.25, -0.2) is 0 Å². The van der Waals surface area contributed by atoms with Crippen LogP contribution in [0.1, 0.15) is 0 Å². The van der Waals surface area contributed by atoms with E-state index in [2.05, 4.69) is 15.2 Å². The number of benzene rings is 1. The zero-order chi connectivity index (χ0) is 13.2. The molecule has 0 radical (unpaired) electrons. The summed E-state index contributed by atoms with van der Waals surface area (Å²) in [6.07, 6.45) is 5.15. The fraction of sp³-hybridized carbons (Fsp3) is 0.154. The van der Waals surface area contributed by atoms with Gasteiger partial charge in [0.1, 0.15) is 11.5 Å². The first-order chi connectivity index (χ1) is 9.33. The van der Waals surface area contributed by atoms with E-state index in [0.717, 1.165) is 11.3 Å². The number of ether oxygens (including phenoxy) is 2. The second kappa shape index (κ2) is 4.56. The van der Waals surface area contributed by atoms with Gasteiger partial charge in [0.2, 0.25) is 0 Å². The van der Waals surface area contributed by atoms with Crippen LogP contribution < -0.4 is 9.47 Å². The molecule has 19 heavy (non-hydrogen) atoms. The van der Waals surface area contributed by atoms with Gasteiger partial charge in [0.05, 0.1) is 26.0 Å². The number of rotatable bonds is 3. The van der Waals surface area contributed by atoms with E-state index in [-0.39, 0.29) is 0 Å². The summed E-state index contributed by atoms with van der Waals surface area (Å²) in [7, 11) is 3.24. The normalized spacial score (nSPS) is 10.6. The predicted octanol–water partition coefficient (Wildman–Crippen LogP) is 1.81. The van der Waals surface area contributed by atoms with Crippen LogP contribution in [0.3, 0.4) is 0 Å². The first-order valence-electron chi connectivity index (χ1n) is 5.70. The summed E-state index contributed by atoms with van der Waals surface area (Å²) >= 11 is 0. The van der Waals surface area contributed by atoms with Crippen LogP contribution in [0.5, 0.6) is 11.5 Å². The third-order valence-electron chi connectivity index (χ3n) is 2.86. The maximum atomic E-state index is 5.37. The lowest BCUT2D eigenvalue weighted by Crippen LogP contribution is -1.94. The van der Waals surface area contributed by atoms with Gasteiger partial charge in [-0.15, -0.1) is 10.2 Å². The minimum absolute atomic E-state index is 0.683. The molecule has 96 valence electrons. The zero-order valence-corrected chi connectivity index (χ0v) is 10.6. The van der Waals surface area contributed by atoms with E-state index in [1.54, 1.807) is 26.6 Å². The number of hydrogen-bond donors (Lipinski definition) is 0. The van der Waals surface area contributed by atoms with E-state index in [0.29, 0.717) is 17.2 Å². The number of nitrogens with zero attached hydrogens (tertiary/aromatic N) is 4. The summed E-state index contributed by atoms with van der Waals surface area (Å²) in [5, 5.41) is 8.27. The molecule has 0 bridgehead atoms. The van der Waals surface area contributed by atoms with Crippen LogP contribution in [0.4, 0.5) is 0 Å². The molecule has 3 rings (SSSR count). The van der Waals surface area contributed by atoms with E-state index in [9.17, 15) is 0 Å². The molecule has 2 aromatic heterocycles. The monoisotopic (exact) mass is 256 g/mol. The molecule has 0 aliphatic heterocycles. The molecule has 0 aliphatic rings. The molecule has 6 nitrogen and oxygen atoms in total. The zero-order valence-electron chi connectivity index (χ0n) is 10.6. The molecule has 0 spiro atoms. The van der Waals surface area contributed by atoms with Gasteiger partial charge < -0.3 is 9.47 Å². The summed E-state index contributed by atoms with van der Waals surface area (Å²) in [4.78, 5) is 4.02. The maximum absolute atomic E-state index is 5.37. The van der Waals surface area contributed by atoms with Crippen molar-refractivity contribution in [2.75, 3.05) is 14.2 Å². The molecule has 0 saturated carbocycles. The van der Waals surface area contributed by atoms with Gasteiger partial charge >= 0.3 is 0 Å². The lowest BCUT2D eigenvalue weighted by Gasteiger charge is -2.09. The van der Waals surface area contributed by atoms with Gasteiger partial charge in [0.15, 0.2) is 11.5 Å². The molecule has 0 fully saturated rings. The fourth-order valence-electron chi connectivity index (χ4n) is 1.93. The Labute approximate surface area is 109 Å². The molecule has 0 amide bonds. The van der Waals surface area contributed by atoms with Gasteiger partial charge in [-0.2, -0.15) is 0 Å². The third kappa shape index (κ3) is 1.87. The van der Waals surface area contributed by atoms with Crippen molar-refractivity contribution in [3.05, 3.63) is 36.8 Å². The second-order valence-corrected chi connectivity index (χ2v) is 3.89. The van der Waals surface area contributed by atoms with Crippen molar-refractivity contribution in [1.82, 2.24) is 19.6 Å². The van der Waals surface area contributed by atoms with Crippen LogP contribution in [0.2, 0.25) is 0 Å². The molecule has 0 aliphatic carbocycles. The molecule has 2 heterocycles. The third-order valence-corrected chi connectivity index (χ3v) is 2.86. The molecule has 6 heteroatoms. The lowest BCUT2D eigenvalue weighted by atomic mass is 10.1. The number of aromatic nitrogens is 4. The smallest absolute Gasteiger partial charge is 0.179 e. The molecule has 0 N–H and O–H groups in total. The highest BCUT2D eigenvalue weighted by Gasteiger charge is 2.14. The highest BCUT2D eigenvalue weighted by Crippen LogP contribution is 2.32. The number of methoxy groups -OCH3 is 2. The Bertz CT molecular complexity index is 723. The Morgan fingerprint density at radius 2 is 2.00 bits per heavy atom. The van der Waals surface area contributed by atoms with Crippen molar-refractivity contribution >= 4 is 5.65 Å². The predicted molar refractivity (Wildman–Crippen MR) is 69.3 cm³/mol. The summed E-state index contributed by atoms with van der Waals surface area (Å²) in [6.45, 7) is 0. The van der Waals surface area contributed by atoms with E-state index < -0.39 is 0 Å². The molecule has 1 aromatic carbocycles. The first kappa shape index (κ1) is 11.5. The first-order valence-corrected chi connectivity index (χ1v) is 5.70. The number of fused-ring (bicyclic) bond motifs is 1. The van der Waals surface area contributed by atoms with Crippen molar-refractivity contribution in [2.24, 2.45) is 0 Å². The average Bonchev–Trinajstić information content (AvgIpc) is 2.90. The Balaban J connectivity index is 2.25. The minimum atomic E-state index is 0.683. The van der Waals surface area contributed by atoms with Crippen LogP contribution in [0.15, 0.2) is 36.8 Å². The molecule has 0 atom stereocenters. The quantitative estimate of drug-likeness (QED) is 0.715. The van der Waals surface area contributed by atoms with Gasteiger partial charge in [-0.3, -0.25) is 9.38 Å². The van der Waals surface area contributed by atoms with Crippen molar-refractivity contribution in [1.29, 1.82) is 0 Å². The summed E-state index contributed by atoms with van der Waals surface area (Å²) in [5.74, 6) is 2.14. The van der Waals surface area contributed by atoms with E-state index in [1.165, 1.54) is 0 Å². The average molecular weight is 256 g/mol. The van der Waals surface area contributed by atoms with Gasteiger partial charge in [0, 0.05) is 12.4 Å². The van der Waals surface area contributed by atoms with Crippen molar-refractivity contribution in [3.63, 3.8) is 0 Å². The summed E-state index contributed by atoms with van der Waals surface area (Å²) in [5.41, 5.74) is 1.50. The number of hydrogen-bond acceptors (Lipinski definition) is 5. The summed E-state index contributed by atoms with van der Waals surface area (Å²) in [6, 6.07) is 5.55. The van der Waals surface area contributed by atoms with Crippen molar-refractivity contribution < 1.29 is 9.47 Å². The molecular formula is C13H12N4O2. The Hall–Kier alpha value is -2.63. The van der Waals surface area contributed by atoms with Gasteiger partial charge in [0.25, 0.3) is 0 Å². The van der Waals surface area contributed by atoms with Crippen LogP contribution >= 0.6 is 0 Å². The standard InChI is InChI=1S/C13H12N4O2/c1-18-9-3-4-11(19-2)10(7-9)13-16-15-12-8-14-5-6-17(12)13/h3-8H,1-2H3. The highest BCUT2D eigenvalue weighted by atomic mass is 16.5.